The summed E-state index contributed by atoms with van der Waals surface area (Å²) in [5.41, 5.74) is 7.93. The van der Waals surface area contributed by atoms with Gasteiger partial charge in [0.2, 0.25) is 0 Å². The van der Waals surface area contributed by atoms with Gasteiger partial charge in [0.05, 0.1) is 5.56 Å². The molecule has 1 aliphatic carbocycles. The zero-order valence-electron chi connectivity index (χ0n) is 11.0. The second-order valence-corrected chi connectivity index (χ2v) is 5.41. The van der Waals surface area contributed by atoms with Gasteiger partial charge in [0.25, 0.3) is 5.56 Å². The highest BCUT2D eigenvalue weighted by Crippen LogP contribution is 2.35. The molecule has 0 radical (unpaired) electrons. The van der Waals surface area contributed by atoms with Gasteiger partial charge in [0, 0.05) is 29.8 Å². The Morgan fingerprint density at radius 1 is 1.57 bits per heavy atom. The summed E-state index contributed by atoms with van der Waals surface area (Å²) in [6, 6.07) is -0.566. The largest absolute Gasteiger partial charge is 0.396 e. The van der Waals surface area contributed by atoms with Crippen LogP contribution in [0.4, 0.5) is 0 Å². The van der Waals surface area contributed by atoms with Gasteiger partial charge >= 0.3 is 5.69 Å². The van der Waals surface area contributed by atoms with E-state index in [0.717, 1.165) is 0 Å². The molecule has 112 valence electrons. The molecule has 0 spiro atoms. The fourth-order valence-corrected chi connectivity index (χ4v) is 2.95. The number of aliphatic hydroxyl groups is 1. The number of aromatic nitrogens is 2. The summed E-state index contributed by atoms with van der Waals surface area (Å²) in [7, 11) is 0. The molecule has 9 heteroatoms. The molecule has 3 unspecified atom stereocenters. The minimum atomic E-state index is -0.505. The highest BCUT2D eigenvalue weighted by atomic mass is 79.9. The van der Waals surface area contributed by atoms with Crippen molar-refractivity contribution >= 4 is 22.0 Å². The van der Waals surface area contributed by atoms with Crippen molar-refractivity contribution in [2.45, 2.75) is 24.9 Å². The highest BCUT2D eigenvalue weighted by Gasteiger charge is 2.34. The van der Waals surface area contributed by atoms with Crippen LogP contribution in [0.1, 0.15) is 24.4 Å². The topological polar surface area (TPSA) is 124 Å². The van der Waals surface area contributed by atoms with Crippen molar-refractivity contribution in [3.8, 4) is 0 Å². The van der Waals surface area contributed by atoms with Crippen molar-refractivity contribution in [2.75, 3.05) is 6.61 Å². The van der Waals surface area contributed by atoms with Gasteiger partial charge in [-0.3, -0.25) is 14.3 Å². The summed E-state index contributed by atoms with van der Waals surface area (Å²) >= 11 is 3.09. The number of hydrogen-bond acceptors (Lipinski definition) is 4. The standard InChI is InChI=1S/C12H14BrN5O3/c13-2-1-7-5-18(12(21)15-11(7)20)9-3-8(6-19)10(4-9)16-17-14/h1-2,5,8-10,19H,3-4,6H2,(H,15,20,21). The Labute approximate surface area is 127 Å². The SMILES string of the molecule is [N-]=[N+]=NC1CC(n2cc(C=CBr)c(=O)[nH]c2=O)CC1CO. The van der Waals surface area contributed by atoms with Crippen LogP contribution in [0, 0.1) is 5.92 Å². The zero-order chi connectivity index (χ0) is 15.4. The predicted octanol–water partition coefficient (Wildman–Crippen LogP) is 1.52. The van der Waals surface area contributed by atoms with E-state index < -0.39 is 11.2 Å². The molecule has 0 aromatic carbocycles. The molecule has 1 heterocycles. The van der Waals surface area contributed by atoms with Gasteiger partial charge in [-0.1, -0.05) is 21.0 Å². The summed E-state index contributed by atoms with van der Waals surface area (Å²) in [5.74, 6) is -0.181. The summed E-state index contributed by atoms with van der Waals surface area (Å²) in [6.45, 7) is -0.105. The quantitative estimate of drug-likeness (QED) is 0.483. The lowest BCUT2D eigenvalue weighted by molar-refractivity contribution is 0.215. The number of rotatable bonds is 4. The van der Waals surface area contributed by atoms with E-state index in [1.165, 1.54) is 21.8 Å². The average molecular weight is 356 g/mol. The van der Waals surface area contributed by atoms with Crippen molar-refractivity contribution < 1.29 is 5.11 Å². The predicted molar refractivity (Wildman–Crippen MR) is 81.1 cm³/mol. The van der Waals surface area contributed by atoms with E-state index in [1.54, 1.807) is 0 Å². The Kier molecular flexibility index (Phi) is 5.00. The van der Waals surface area contributed by atoms with Crippen LogP contribution in [0.5, 0.6) is 0 Å². The lowest BCUT2D eigenvalue weighted by Crippen LogP contribution is -2.32. The Morgan fingerprint density at radius 2 is 2.33 bits per heavy atom. The minimum Gasteiger partial charge on any atom is -0.396 e. The highest BCUT2D eigenvalue weighted by molar-refractivity contribution is 9.11. The van der Waals surface area contributed by atoms with Gasteiger partial charge in [-0.2, -0.15) is 0 Å². The van der Waals surface area contributed by atoms with Gasteiger partial charge in [-0.25, -0.2) is 4.79 Å². The number of nitrogens with one attached hydrogen (secondary N) is 1. The first-order chi connectivity index (χ1) is 10.1. The average Bonchev–Trinajstić information content (AvgIpc) is 2.85. The number of aromatic amines is 1. The molecular weight excluding hydrogens is 342 g/mol. The van der Waals surface area contributed by atoms with E-state index in [-0.39, 0.29) is 24.6 Å². The summed E-state index contributed by atoms with van der Waals surface area (Å²) in [4.78, 5) is 30.2. The van der Waals surface area contributed by atoms with Gasteiger partial charge < -0.3 is 5.11 Å². The molecule has 0 aliphatic heterocycles. The Hall–Kier alpha value is -1.83. The van der Waals surface area contributed by atoms with Crippen LogP contribution in [0.25, 0.3) is 16.5 Å². The Morgan fingerprint density at radius 3 is 2.95 bits per heavy atom. The van der Waals surface area contributed by atoms with Gasteiger partial charge in [-0.05, 0) is 35.4 Å². The Balaban J connectivity index is 2.39. The molecule has 0 saturated heterocycles. The van der Waals surface area contributed by atoms with Crippen LogP contribution in [0.3, 0.4) is 0 Å². The fourth-order valence-electron chi connectivity index (χ4n) is 2.66. The number of nitrogens with zero attached hydrogens (tertiary/aromatic N) is 4. The van der Waals surface area contributed by atoms with Crippen LogP contribution in [-0.4, -0.2) is 27.3 Å². The van der Waals surface area contributed by atoms with Gasteiger partial charge in [0.1, 0.15) is 0 Å². The minimum absolute atomic E-state index is 0.105. The first-order valence-corrected chi connectivity index (χ1v) is 7.29. The maximum atomic E-state index is 11.9. The zero-order valence-corrected chi connectivity index (χ0v) is 12.6. The molecule has 1 fully saturated rings. The second-order valence-electron chi connectivity index (χ2n) is 4.88. The van der Waals surface area contributed by atoms with Crippen LogP contribution in [-0.2, 0) is 0 Å². The van der Waals surface area contributed by atoms with E-state index in [4.69, 9.17) is 5.53 Å². The monoisotopic (exact) mass is 355 g/mol. The van der Waals surface area contributed by atoms with Crippen molar-refractivity contribution in [3.05, 3.63) is 48.0 Å². The molecule has 8 nitrogen and oxygen atoms in total. The van der Waals surface area contributed by atoms with Crippen molar-refractivity contribution in [1.82, 2.24) is 9.55 Å². The van der Waals surface area contributed by atoms with Gasteiger partial charge in [-0.15, -0.1) is 0 Å². The lowest BCUT2D eigenvalue weighted by atomic mass is 10.1. The number of azide groups is 1. The molecule has 21 heavy (non-hydrogen) atoms. The maximum absolute atomic E-state index is 11.9. The first kappa shape index (κ1) is 15.6. The number of halogens is 1. The number of hydrogen-bond donors (Lipinski definition) is 2. The molecular formula is C12H14BrN5O3. The molecule has 1 aliphatic rings. The van der Waals surface area contributed by atoms with Crippen LogP contribution in [0.15, 0.2) is 25.9 Å². The molecule has 1 aromatic rings. The third kappa shape index (κ3) is 3.26. The second kappa shape index (κ2) is 6.75. The summed E-state index contributed by atoms with van der Waals surface area (Å²) in [5, 5.41) is 13.0. The molecule has 0 amide bonds. The van der Waals surface area contributed by atoms with Gasteiger partial charge in [0.15, 0.2) is 0 Å². The normalized spacial score (nSPS) is 25.1. The third-order valence-electron chi connectivity index (χ3n) is 3.70. The molecule has 2 rings (SSSR count). The van der Waals surface area contributed by atoms with Crippen LogP contribution < -0.4 is 11.2 Å². The molecule has 0 bridgehead atoms. The number of H-pyrrole nitrogens is 1. The van der Waals surface area contributed by atoms with E-state index in [9.17, 15) is 14.7 Å². The molecule has 1 saturated carbocycles. The van der Waals surface area contributed by atoms with E-state index >= 15 is 0 Å². The van der Waals surface area contributed by atoms with E-state index in [0.29, 0.717) is 18.4 Å². The van der Waals surface area contributed by atoms with Crippen molar-refractivity contribution in [1.29, 1.82) is 0 Å². The lowest BCUT2D eigenvalue weighted by Gasteiger charge is -2.13. The number of aliphatic hydroxyl groups excluding tert-OH is 1. The molecule has 2 N–H and O–H groups in total. The summed E-state index contributed by atoms with van der Waals surface area (Å²) in [6.07, 6.45) is 4.00. The third-order valence-corrected chi connectivity index (χ3v) is 3.96. The Bertz CT molecular complexity index is 704. The molecule has 1 aromatic heterocycles. The summed E-state index contributed by atoms with van der Waals surface area (Å²) < 4.78 is 1.43. The van der Waals surface area contributed by atoms with Crippen LogP contribution >= 0.6 is 15.9 Å². The molecule has 3 atom stereocenters. The fraction of sp³-hybridized carbons (Fsp3) is 0.500. The van der Waals surface area contributed by atoms with E-state index in [2.05, 4.69) is 30.9 Å². The smallest absolute Gasteiger partial charge is 0.328 e. The first-order valence-electron chi connectivity index (χ1n) is 6.38. The van der Waals surface area contributed by atoms with Crippen molar-refractivity contribution in [2.24, 2.45) is 11.0 Å². The van der Waals surface area contributed by atoms with Crippen LogP contribution in [0.2, 0.25) is 0 Å². The van der Waals surface area contributed by atoms with E-state index in [1.807, 2.05) is 0 Å². The van der Waals surface area contributed by atoms with Crippen molar-refractivity contribution in [3.63, 3.8) is 0 Å². The maximum Gasteiger partial charge on any atom is 0.328 e.